The first-order valence-corrected chi connectivity index (χ1v) is 7.96. The summed E-state index contributed by atoms with van der Waals surface area (Å²) < 4.78 is 32.1. The van der Waals surface area contributed by atoms with Gasteiger partial charge in [-0.05, 0) is 42.3 Å². The van der Waals surface area contributed by atoms with E-state index in [4.69, 9.17) is 10.00 Å². The second-order valence-electron chi connectivity index (χ2n) is 6.15. The largest absolute Gasteiger partial charge is 0.496 e. The summed E-state index contributed by atoms with van der Waals surface area (Å²) in [5.74, 6) is -1.15. The quantitative estimate of drug-likeness (QED) is 0.926. The second kappa shape index (κ2) is 7.18. The van der Waals surface area contributed by atoms with Crippen molar-refractivity contribution in [3.63, 3.8) is 0 Å². The molecule has 0 aromatic heterocycles. The summed E-state index contributed by atoms with van der Waals surface area (Å²) in [6.07, 6.45) is -0.117. The fourth-order valence-corrected chi connectivity index (χ4v) is 3.31. The molecule has 2 aromatic carbocycles. The zero-order chi connectivity index (χ0) is 18.0. The van der Waals surface area contributed by atoms with Crippen molar-refractivity contribution in [3.05, 3.63) is 64.7 Å². The maximum Gasteiger partial charge on any atom is 0.159 e. The molecule has 6 heteroatoms. The number of hydrogen-bond acceptors (Lipinski definition) is 4. The van der Waals surface area contributed by atoms with Crippen molar-refractivity contribution in [2.24, 2.45) is 0 Å². The summed E-state index contributed by atoms with van der Waals surface area (Å²) >= 11 is 0. The van der Waals surface area contributed by atoms with Gasteiger partial charge in [0.1, 0.15) is 5.75 Å². The van der Waals surface area contributed by atoms with Crippen LogP contribution in [0.3, 0.4) is 0 Å². The van der Waals surface area contributed by atoms with Crippen LogP contribution in [0.15, 0.2) is 36.4 Å². The van der Waals surface area contributed by atoms with Gasteiger partial charge in [-0.25, -0.2) is 8.78 Å². The van der Waals surface area contributed by atoms with E-state index in [-0.39, 0.29) is 6.04 Å². The maximum atomic E-state index is 13.6. The van der Waals surface area contributed by atoms with Gasteiger partial charge in [-0.2, -0.15) is 5.26 Å². The predicted molar refractivity (Wildman–Crippen MR) is 87.8 cm³/mol. The van der Waals surface area contributed by atoms with Gasteiger partial charge in [-0.1, -0.05) is 6.07 Å². The number of rotatable bonds is 4. The van der Waals surface area contributed by atoms with Crippen LogP contribution in [0.2, 0.25) is 0 Å². The third-order valence-corrected chi connectivity index (χ3v) is 4.49. The minimum absolute atomic E-state index is 0.236. The molecule has 1 heterocycles. The number of hydrogen-bond donors (Lipinski definition) is 1. The highest BCUT2D eigenvalue weighted by atomic mass is 19.2. The molecule has 1 aliphatic heterocycles. The summed E-state index contributed by atoms with van der Waals surface area (Å²) in [5, 5.41) is 19.2. The van der Waals surface area contributed by atoms with Crippen LogP contribution < -0.4 is 4.74 Å². The van der Waals surface area contributed by atoms with Gasteiger partial charge in [0.2, 0.25) is 0 Å². The topological polar surface area (TPSA) is 56.5 Å². The van der Waals surface area contributed by atoms with Gasteiger partial charge in [0.25, 0.3) is 0 Å². The minimum atomic E-state index is -0.900. The number of nitrogens with zero attached hydrogens (tertiary/aromatic N) is 2. The number of β-amino-alcohol motifs (C(OH)–C–C–N with tert-alkyl or cyclic N) is 1. The van der Waals surface area contributed by atoms with E-state index in [0.29, 0.717) is 36.4 Å². The lowest BCUT2D eigenvalue weighted by Gasteiger charge is -2.25. The Bertz CT molecular complexity index is 820. The Hall–Kier alpha value is -2.49. The molecule has 1 N–H and O–H groups in total. The van der Waals surface area contributed by atoms with E-state index >= 15 is 0 Å². The van der Waals surface area contributed by atoms with E-state index < -0.39 is 17.7 Å². The van der Waals surface area contributed by atoms with Gasteiger partial charge in [0, 0.05) is 24.7 Å². The van der Waals surface area contributed by atoms with Gasteiger partial charge < -0.3 is 9.84 Å². The summed E-state index contributed by atoms with van der Waals surface area (Å²) in [6.45, 7) is 0.836. The lowest BCUT2D eigenvalue weighted by Crippen LogP contribution is -2.24. The molecule has 1 fully saturated rings. The van der Waals surface area contributed by atoms with Crippen molar-refractivity contribution >= 4 is 0 Å². The van der Waals surface area contributed by atoms with Crippen LogP contribution in [-0.2, 0) is 6.54 Å². The number of halogens is 2. The van der Waals surface area contributed by atoms with Crippen LogP contribution in [0.4, 0.5) is 8.78 Å². The van der Waals surface area contributed by atoms with E-state index in [1.165, 1.54) is 12.1 Å². The van der Waals surface area contributed by atoms with Crippen molar-refractivity contribution in [2.45, 2.75) is 25.1 Å². The minimum Gasteiger partial charge on any atom is -0.496 e. The summed E-state index contributed by atoms with van der Waals surface area (Å²) in [4.78, 5) is 1.98. The molecule has 0 spiro atoms. The van der Waals surface area contributed by atoms with Crippen LogP contribution in [0.5, 0.6) is 5.75 Å². The molecule has 1 saturated heterocycles. The average molecular weight is 344 g/mol. The molecule has 0 saturated carbocycles. The maximum absolute atomic E-state index is 13.6. The van der Waals surface area contributed by atoms with E-state index in [0.717, 1.165) is 11.6 Å². The second-order valence-corrected chi connectivity index (χ2v) is 6.15. The Balaban J connectivity index is 1.90. The molecule has 25 heavy (non-hydrogen) atoms. The van der Waals surface area contributed by atoms with Crippen LogP contribution in [-0.4, -0.2) is 29.8 Å². The SMILES string of the molecule is COc1ccc(C#N)cc1CN1C[C@@H](O)C[C@@H]1c1ccc(F)c(F)c1. The molecule has 0 unspecified atom stereocenters. The number of likely N-dealkylation sites (tertiary alicyclic amines) is 1. The molecule has 0 bridgehead atoms. The van der Waals surface area contributed by atoms with Gasteiger partial charge in [-0.3, -0.25) is 4.90 Å². The summed E-state index contributed by atoms with van der Waals surface area (Å²) in [6, 6.07) is 10.8. The fraction of sp³-hybridized carbons (Fsp3) is 0.316. The molecule has 2 aromatic rings. The number of methoxy groups -OCH3 is 1. The molecule has 1 aliphatic rings. The molecule has 0 radical (unpaired) electrons. The van der Waals surface area contributed by atoms with Crippen LogP contribution >= 0.6 is 0 Å². The van der Waals surface area contributed by atoms with Crippen LogP contribution in [0.1, 0.15) is 29.2 Å². The molecule has 3 rings (SSSR count). The van der Waals surface area contributed by atoms with Crippen LogP contribution in [0, 0.1) is 23.0 Å². The summed E-state index contributed by atoms with van der Waals surface area (Å²) in [7, 11) is 1.55. The molecular formula is C19H18F2N2O2. The lowest BCUT2D eigenvalue weighted by atomic mass is 10.0. The Labute approximate surface area is 144 Å². The zero-order valence-electron chi connectivity index (χ0n) is 13.7. The van der Waals surface area contributed by atoms with E-state index in [9.17, 15) is 13.9 Å². The Kier molecular flexibility index (Phi) is 4.98. The van der Waals surface area contributed by atoms with Crippen molar-refractivity contribution in [3.8, 4) is 11.8 Å². The number of ether oxygens (including phenoxy) is 1. The van der Waals surface area contributed by atoms with Crippen molar-refractivity contribution < 1.29 is 18.6 Å². The number of benzene rings is 2. The third-order valence-electron chi connectivity index (χ3n) is 4.49. The molecular weight excluding hydrogens is 326 g/mol. The van der Waals surface area contributed by atoms with Crippen LogP contribution in [0.25, 0.3) is 0 Å². The number of nitriles is 1. The standard InChI is InChI=1S/C19H18F2N2O2/c1-25-19-5-2-12(9-22)6-14(19)10-23-11-15(24)8-18(23)13-3-4-16(20)17(21)7-13/h2-7,15,18,24H,8,10-11H2,1H3/t15-,18+/m0/s1. The smallest absolute Gasteiger partial charge is 0.159 e. The lowest BCUT2D eigenvalue weighted by molar-refractivity contribution is 0.172. The first-order chi connectivity index (χ1) is 12.0. The van der Waals surface area contributed by atoms with E-state index in [2.05, 4.69) is 6.07 Å². The van der Waals surface area contributed by atoms with Gasteiger partial charge in [0.05, 0.1) is 24.8 Å². The first-order valence-electron chi connectivity index (χ1n) is 7.96. The molecule has 130 valence electrons. The van der Waals surface area contributed by atoms with Gasteiger partial charge in [-0.15, -0.1) is 0 Å². The monoisotopic (exact) mass is 344 g/mol. The normalized spacial score (nSPS) is 20.4. The predicted octanol–water partition coefficient (Wildman–Crippen LogP) is 3.15. The molecule has 4 nitrogen and oxygen atoms in total. The van der Waals surface area contributed by atoms with Crippen molar-refractivity contribution in [2.75, 3.05) is 13.7 Å². The summed E-state index contributed by atoms with van der Waals surface area (Å²) in [5.41, 5.74) is 1.94. The Morgan fingerprint density at radius 1 is 1.24 bits per heavy atom. The highest BCUT2D eigenvalue weighted by Crippen LogP contribution is 2.35. The number of aliphatic hydroxyl groups excluding tert-OH is 1. The average Bonchev–Trinajstić information content (AvgIpc) is 2.97. The molecule has 0 amide bonds. The molecule has 2 atom stereocenters. The Morgan fingerprint density at radius 3 is 2.72 bits per heavy atom. The highest BCUT2D eigenvalue weighted by molar-refractivity contribution is 5.42. The molecule has 0 aliphatic carbocycles. The fourth-order valence-electron chi connectivity index (χ4n) is 3.31. The van der Waals surface area contributed by atoms with E-state index in [1.807, 2.05) is 4.90 Å². The zero-order valence-corrected chi connectivity index (χ0v) is 13.7. The van der Waals surface area contributed by atoms with Gasteiger partial charge in [0.15, 0.2) is 11.6 Å². The first kappa shape index (κ1) is 17.3. The van der Waals surface area contributed by atoms with Crippen molar-refractivity contribution in [1.82, 2.24) is 4.90 Å². The number of aliphatic hydroxyl groups is 1. The van der Waals surface area contributed by atoms with Crippen molar-refractivity contribution in [1.29, 1.82) is 5.26 Å². The van der Waals surface area contributed by atoms with E-state index in [1.54, 1.807) is 25.3 Å². The Morgan fingerprint density at radius 2 is 2.04 bits per heavy atom. The van der Waals surface area contributed by atoms with Gasteiger partial charge >= 0.3 is 0 Å². The highest BCUT2D eigenvalue weighted by Gasteiger charge is 2.33. The third kappa shape index (κ3) is 3.63.